The number of ketones is 1. The van der Waals surface area contributed by atoms with Gasteiger partial charge in [0.15, 0.2) is 5.78 Å². The predicted molar refractivity (Wildman–Crippen MR) is 78.2 cm³/mol. The van der Waals surface area contributed by atoms with E-state index in [1.165, 1.54) is 0 Å². The number of hydrogen-bond donors (Lipinski definition) is 0. The maximum atomic E-state index is 12.3. The lowest BCUT2D eigenvalue weighted by Crippen LogP contribution is -2.08. The van der Waals surface area contributed by atoms with Crippen LogP contribution in [0.4, 0.5) is 0 Å². The van der Waals surface area contributed by atoms with Crippen molar-refractivity contribution >= 4 is 29.0 Å². The van der Waals surface area contributed by atoms with Gasteiger partial charge >= 0.3 is 0 Å². The number of halogens is 2. The van der Waals surface area contributed by atoms with Crippen molar-refractivity contribution in [3.63, 3.8) is 0 Å². The molecular formula is C15H13Cl2NO. The molecule has 0 unspecified atom stereocenters. The molecule has 0 bridgehead atoms. The van der Waals surface area contributed by atoms with Crippen molar-refractivity contribution < 1.29 is 4.79 Å². The number of carbonyl (C=O) groups excluding carboxylic acids is 1. The number of benzene rings is 1. The molecule has 0 N–H and O–H groups in total. The van der Waals surface area contributed by atoms with Gasteiger partial charge in [-0.1, -0.05) is 29.3 Å². The Hall–Kier alpha value is -1.38. The third-order valence-electron chi connectivity index (χ3n) is 2.92. The molecule has 1 aromatic heterocycles. The summed E-state index contributed by atoms with van der Waals surface area (Å²) in [5.41, 5.74) is 2.90. The SMILES string of the molecule is Cc1ccc(C(=O)Cc2c(Cl)cccc2Cl)c(C)n1. The predicted octanol–water partition coefficient (Wildman–Crippen LogP) is 4.43. The minimum Gasteiger partial charge on any atom is -0.294 e. The van der Waals surface area contributed by atoms with Crippen LogP contribution in [-0.4, -0.2) is 10.8 Å². The summed E-state index contributed by atoms with van der Waals surface area (Å²) in [7, 11) is 0. The molecule has 1 aromatic carbocycles. The maximum absolute atomic E-state index is 12.3. The van der Waals surface area contributed by atoms with E-state index in [0.717, 1.165) is 11.4 Å². The Balaban J connectivity index is 2.31. The van der Waals surface area contributed by atoms with Crippen molar-refractivity contribution in [2.24, 2.45) is 0 Å². The number of rotatable bonds is 3. The summed E-state index contributed by atoms with van der Waals surface area (Å²) in [6.45, 7) is 3.72. The molecule has 0 saturated carbocycles. The molecule has 1 heterocycles. The highest BCUT2D eigenvalue weighted by Gasteiger charge is 2.14. The minimum atomic E-state index is -0.0278. The van der Waals surface area contributed by atoms with Gasteiger partial charge in [0.2, 0.25) is 0 Å². The third kappa shape index (κ3) is 3.14. The number of hydrogen-bond acceptors (Lipinski definition) is 2. The first kappa shape index (κ1) is 14.0. The third-order valence-corrected chi connectivity index (χ3v) is 3.63. The van der Waals surface area contributed by atoms with Gasteiger partial charge in [0.05, 0.1) is 0 Å². The molecule has 0 aliphatic rings. The van der Waals surface area contributed by atoms with Gasteiger partial charge < -0.3 is 0 Å². The molecule has 0 atom stereocenters. The lowest BCUT2D eigenvalue weighted by molar-refractivity contribution is 0.0992. The lowest BCUT2D eigenvalue weighted by Gasteiger charge is -2.08. The fraction of sp³-hybridized carbons (Fsp3) is 0.200. The maximum Gasteiger partial charge on any atom is 0.169 e. The highest BCUT2D eigenvalue weighted by Crippen LogP contribution is 2.26. The fourth-order valence-corrected chi connectivity index (χ4v) is 2.47. The summed E-state index contributed by atoms with van der Waals surface area (Å²) in [5, 5.41) is 1.03. The van der Waals surface area contributed by atoms with Gasteiger partial charge in [0.25, 0.3) is 0 Å². The van der Waals surface area contributed by atoms with E-state index in [1.54, 1.807) is 24.3 Å². The minimum absolute atomic E-state index is 0.0278. The molecule has 0 fully saturated rings. The van der Waals surface area contributed by atoms with Crippen LogP contribution < -0.4 is 0 Å². The van der Waals surface area contributed by atoms with Gasteiger partial charge in [0.1, 0.15) is 0 Å². The van der Waals surface area contributed by atoms with Gasteiger partial charge in [-0.2, -0.15) is 0 Å². The number of nitrogens with zero attached hydrogens (tertiary/aromatic N) is 1. The van der Waals surface area contributed by atoms with E-state index in [4.69, 9.17) is 23.2 Å². The lowest BCUT2D eigenvalue weighted by atomic mass is 10.0. The molecule has 0 aliphatic heterocycles. The van der Waals surface area contributed by atoms with Crippen LogP contribution in [-0.2, 0) is 6.42 Å². The van der Waals surface area contributed by atoms with E-state index in [-0.39, 0.29) is 12.2 Å². The number of carbonyl (C=O) groups is 1. The number of aryl methyl sites for hydroxylation is 2. The summed E-state index contributed by atoms with van der Waals surface area (Å²) in [6.07, 6.45) is 0.185. The Morgan fingerprint density at radius 1 is 1.11 bits per heavy atom. The number of aromatic nitrogens is 1. The molecule has 0 saturated heterocycles. The van der Waals surface area contributed by atoms with Crippen LogP contribution in [0.2, 0.25) is 10.0 Å². The Bertz CT molecular complexity index is 618. The normalized spacial score (nSPS) is 10.5. The van der Waals surface area contributed by atoms with E-state index < -0.39 is 0 Å². The number of Topliss-reactive ketones (excluding diaryl/α,β-unsaturated/α-hetero) is 1. The second-order valence-electron chi connectivity index (χ2n) is 4.39. The van der Waals surface area contributed by atoms with Crippen LogP contribution in [0.5, 0.6) is 0 Å². The van der Waals surface area contributed by atoms with Crippen molar-refractivity contribution in [2.45, 2.75) is 20.3 Å². The summed E-state index contributed by atoms with van der Waals surface area (Å²) < 4.78 is 0. The van der Waals surface area contributed by atoms with Gasteiger partial charge in [-0.15, -0.1) is 0 Å². The van der Waals surface area contributed by atoms with Gasteiger partial charge in [-0.3, -0.25) is 9.78 Å². The molecular weight excluding hydrogens is 281 g/mol. The zero-order chi connectivity index (χ0) is 14.0. The second-order valence-corrected chi connectivity index (χ2v) is 5.20. The van der Waals surface area contributed by atoms with Crippen molar-refractivity contribution in [3.8, 4) is 0 Å². The quantitative estimate of drug-likeness (QED) is 0.784. The topological polar surface area (TPSA) is 30.0 Å². The van der Waals surface area contributed by atoms with E-state index in [1.807, 2.05) is 19.9 Å². The molecule has 0 amide bonds. The molecule has 4 heteroatoms. The summed E-state index contributed by atoms with van der Waals surface area (Å²) >= 11 is 12.1. The van der Waals surface area contributed by atoms with Crippen LogP contribution in [0.1, 0.15) is 27.3 Å². The molecule has 0 radical (unpaired) electrons. The monoisotopic (exact) mass is 293 g/mol. The molecule has 0 aliphatic carbocycles. The zero-order valence-corrected chi connectivity index (χ0v) is 12.2. The van der Waals surface area contributed by atoms with Crippen molar-refractivity contribution in [1.29, 1.82) is 0 Å². The zero-order valence-electron chi connectivity index (χ0n) is 10.7. The largest absolute Gasteiger partial charge is 0.294 e. The van der Waals surface area contributed by atoms with Crippen molar-refractivity contribution in [1.82, 2.24) is 4.98 Å². The Morgan fingerprint density at radius 2 is 1.74 bits per heavy atom. The van der Waals surface area contributed by atoms with E-state index in [0.29, 0.717) is 21.2 Å². The average Bonchev–Trinajstić information content (AvgIpc) is 2.33. The van der Waals surface area contributed by atoms with Crippen LogP contribution in [0.3, 0.4) is 0 Å². The standard InChI is InChI=1S/C15H13Cl2NO/c1-9-6-7-11(10(2)18-9)15(19)8-12-13(16)4-3-5-14(12)17/h3-7H,8H2,1-2H3. The summed E-state index contributed by atoms with van der Waals surface area (Å²) in [5.74, 6) is -0.0278. The molecule has 2 aromatic rings. The van der Waals surface area contributed by atoms with Crippen LogP contribution in [0.25, 0.3) is 0 Å². The summed E-state index contributed by atoms with van der Waals surface area (Å²) in [4.78, 5) is 16.6. The number of pyridine rings is 1. The van der Waals surface area contributed by atoms with Crippen LogP contribution in [0.15, 0.2) is 30.3 Å². The molecule has 2 rings (SSSR count). The first-order valence-corrected chi connectivity index (χ1v) is 6.65. The van der Waals surface area contributed by atoms with E-state index in [2.05, 4.69) is 4.98 Å². The first-order valence-electron chi connectivity index (χ1n) is 5.89. The Labute approximate surface area is 122 Å². The molecule has 19 heavy (non-hydrogen) atoms. The molecule has 0 spiro atoms. The second kappa shape index (κ2) is 5.72. The van der Waals surface area contributed by atoms with Crippen molar-refractivity contribution in [2.75, 3.05) is 0 Å². The van der Waals surface area contributed by atoms with Crippen LogP contribution in [0, 0.1) is 13.8 Å². The Kier molecular flexibility index (Phi) is 4.23. The van der Waals surface area contributed by atoms with Gasteiger partial charge in [0, 0.05) is 33.4 Å². The van der Waals surface area contributed by atoms with E-state index in [9.17, 15) is 4.79 Å². The highest BCUT2D eigenvalue weighted by atomic mass is 35.5. The van der Waals surface area contributed by atoms with Gasteiger partial charge in [-0.25, -0.2) is 0 Å². The Morgan fingerprint density at radius 3 is 2.32 bits per heavy atom. The smallest absolute Gasteiger partial charge is 0.169 e. The van der Waals surface area contributed by atoms with E-state index >= 15 is 0 Å². The summed E-state index contributed by atoms with van der Waals surface area (Å²) in [6, 6.07) is 8.85. The van der Waals surface area contributed by atoms with Crippen LogP contribution >= 0.6 is 23.2 Å². The first-order chi connectivity index (χ1) is 8.99. The highest BCUT2D eigenvalue weighted by molar-refractivity contribution is 6.36. The van der Waals surface area contributed by atoms with Crippen molar-refractivity contribution in [3.05, 3.63) is 62.9 Å². The fourth-order valence-electron chi connectivity index (χ4n) is 1.94. The molecule has 2 nitrogen and oxygen atoms in total. The average molecular weight is 294 g/mol. The molecule has 98 valence electrons. The van der Waals surface area contributed by atoms with Gasteiger partial charge in [-0.05, 0) is 43.7 Å².